The van der Waals surface area contributed by atoms with E-state index in [0.29, 0.717) is 65.0 Å². The van der Waals surface area contributed by atoms with Gasteiger partial charge in [-0.05, 0) is 164 Å². The van der Waals surface area contributed by atoms with Gasteiger partial charge >= 0.3 is 0 Å². The molecular weight excluding hydrogens is 1110 g/mol. The first-order valence-corrected chi connectivity index (χ1v) is 39.3. The molecule has 0 heterocycles. The first kappa shape index (κ1) is 96.8. The smallest absolute Gasteiger partial charge is 0.0230 e. The van der Waals surface area contributed by atoms with Gasteiger partial charge in [-0.3, -0.25) is 0 Å². The molecule has 0 nitrogen and oxygen atoms in total. The van der Waals surface area contributed by atoms with Crippen LogP contribution in [0.25, 0.3) is 0 Å². The highest BCUT2D eigenvalue weighted by atomic mass is 14.2. The van der Waals surface area contributed by atoms with Crippen molar-refractivity contribution in [2.45, 2.75) is 455 Å². The lowest BCUT2D eigenvalue weighted by atomic mass is 9.85. The van der Waals surface area contributed by atoms with Crippen LogP contribution in [0.15, 0.2) is 48.5 Å². The summed E-state index contributed by atoms with van der Waals surface area (Å²) in [7, 11) is 0. The fourth-order valence-electron chi connectivity index (χ4n) is 11.4. The van der Waals surface area contributed by atoms with Gasteiger partial charge in [0.2, 0.25) is 0 Å². The standard InChI is InChI=1S/C17H36.2C16H26.C15H32.2C14H30/c1-16(2,3)14-12-10-8-7-9-11-13-15-17(4,5)6;1-15(2,3)11-13-7-9-14(10-8-13)12-16(4,5)6;1-15(2,3)11-13-8-7-9-14(10-13)12-16(4,5)6;1-14(2,3)12-10-8-7-9-11-13-15(4,5)6;2*1-13(2,3)11-9-7-8-10-12-14(4,5)6/h7-15H2,1-6H3;2*7-10H,11-12H2,1-6H3;7-13H2,1-6H3;2*7-12H2,1-6H3. The van der Waals surface area contributed by atoms with Crippen LogP contribution in [0.1, 0.15) is 451 Å². The van der Waals surface area contributed by atoms with Crippen LogP contribution in [0, 0.1) is 65.0 Å². The van der Waals surface area contributed by atoms with Gasteiger partial charge < -0.3 is 0 Å². The van der Waals surface area contributed by atoms with Crippen LogP contribution in [0.2, 0.25) is 0 Å². The molecule has 0 spiro atoms. The Bertz CT molecular complexity index is 1790. The summed E-state index contributed by atoms with van der Waals surface area (Å²) in [6, 6.07) is 18.2. The summed E-state index contributed by atoms with van der Waals surface area (Å²) in [5, 5.41) is 0. The average molecular weight is 1290 g/mol. The number of rotatable bonds is 28. The maximum absolute atomic E-state index is 2.37. The summed E-state index contributed by atoms with van der Waals surface area (Å²) in [5.41, 5.74) is 11.6. The Labute approximate surface area is 587 Å². The predicted octanol–water partition coefficient (Wildman–Crippen LogP) is 33.0. The molecule has 2 aromatic rings. The fraction of sp³-hybridized carbons (Fsp3) is 0.870. The maximum atomic E-state index is 2.37. The second-order valence-corrected chi connectivity index (χ2v) is 44.1. The molecule has 0 radical (unpaired) electrons. The molecule has 0 aliphatic rings. The van der Waals surface area contributed by atoms with Gasteiger partial charge in [-0.15, -0.1) is 0 Å². The highest BCUT2D eigenvalue weighted by molar-refractivity contribution is 5.25. The van der Waals surface area contributed by atoms with Gasteiger partial charge in [0.25, 0.3) is 0 Å². The Morgan fingerprint density at radius 3 is 0.413 bits per heavy atom. The molecule has 0 aliphatic carbocycles. The number of hydrogen-bond donors (Lipinski definition) is 0. The van der Waals surface area contributed by atoms with E-state index in [1.54, 1.807) is 0 Å². The third-order valence-electron chi connectivity index (χ3n) is 16.4. The summed E-state index contributed by atoms with van der Waals surface area (Å²) in [6.07, 6.45) is 44.2. The summed E-state index contributed by atoms with van der Waals surface area (Å²) >= 11 is 0. The van der Waals surface area contributed by atoms with E-state index in [2.05, 4.69) is 298 Å². The van der Waals surface area contributed by atoms with Crippen molar-refractivity contribution in [3.05, 3.63) is 70.8 Å². The summed E-state index contributed by atoms with van der Waals surface area (Å²) in [5.74, 6) is 0. The van der Waals surface area contributed by atoms with Crippen LogP contribution in [0.3, 0.4) is 0 Å². The van der Waals surface area contributed by atoms with Gasteiger partial charge in [0.15, 0.2) is 0 Å². The second kappa shape index (κ2) is 46.7. The number of unbranched alkanes of at least 4 members (excludes halogenated alkanes) is 16. The van der Waals surface area contributed by atoms with E-state index >= 15 is 0 Å². The molecule has 0 bridgehead atoms. The molecule has 0 heteroatoms. The molecule has 0 amide bonds. The third-order valence-corrected chi connectivity index (χ3v) is 16.4. The van der Waals surface area contributed by atoms with Gasteiger partial charge in [-0.1, -0.05) is 426 Å². The van der Waals surface area contributed by atoms with Crippen molar-refractivity contribution in [1.82, 2.24) is 0 Å². The highest BCUT2D eigenvalue weighted by Gasteiger charge is 2.18. The lowest BCUT2D eigenvalue weighted by Gasteiger charge is -2.21. The monoisotopic (exact) mass is 1290 g/mol. The Balaban J connectivity index is -0.000000506. The lowest BCUT2D eigenvalue weighted by Crippen LogP contribution is -2.11. The van der Waals surface area contributed by atoms with Crippen molar-refractivity contribution in [3.63, 3.8) is 0 Å². The molecule has 548 valence electrons. The largest absolute Gasteiger partial charge is 0.0617 e. The first-order chi connectivity index (χ1) is 41.1. The minimum Gasteiger partial charge on any atom is -0.0617 e. The number of benzene rings is 2. The molecule has 0 N–H and O–H groups in total. The van der Waals surface area contributed by atoms with Gasteiger partial charge in [-0.25, -0.2) is 0 Å². The van der Waals surface area contributed by atoms with Crippen molar-refractivity contribution >= 4 is 0 Å². The van der Waals surface area contributed by atoms with Crippen molar-refractivity contribution < 1.29 is 0 Å². The van der Waals surface area contributed by atoms with Crippen LogP contribution in [0.4, 0.5) is 0 Å². The van der Waals surface area contributed by atoms with Gasteiger partial charge in [-0.2, -0.15) is 0 Å². The van der Waals surface area contributed by atoms with Crippen molar-refractivity contribution in [1.29, 1.82) is 0 Å². The highest BCUT2D eigenvalue weighted by Crippen LogP contribution is 2.31. The fourth-order valence-corrected chi connectivity index (χ4v) is 11.4. The van der Waals surface area contributed by atoms with E-state index < -0.39 is 0 Å². The molecule has 92 heavy (non-hydrogen) atoms. The molecule has 0 unspecified atom stereocenters. The normalized spacial score (nSPS) is 13.1. The average Bonchev–Trinajstić information content (AvgIpc) is 0.989. The summed E-state index contributed by atoms with van der Waals surface area (Å²) < 4.78 is 0. The van der Waals surface area contributed by atoms with E-state index in [1.807, 2.05) is 0 Å². The van der Waals surface area contributed by atoms with Crippen molar-refractivity contribution in [2.24, 2.45) is 65.0 Å². The zero-order valence-corrected chi connectivity index (χ0v) is 71.2. The van der Waals surface area contributed by atoms with Gasteiger partial charge in [0.1, 0.15) is 0 Å². The molecule has 0 saturated carbocycles. The Hall–Kier alpha value is -1.56. The van der Waals surface area contributed by atoms with Crippen LogP contribution in [-0.4, -0.2) is 0 Å². The SMILES string of the molecule is CC(C)(C)CCCCCCC(C)(C)C.CC(C)(C)CCCCCCC(C)(C)C.CC(C)(C)CCCCCCCC(C)(C)C.CC(C)(C)CCCCCCCCCC(C)(C)C.CC(C)(C)Cc1ccc(CC(C)(C)C)cc1.CC(C)(C)Cc1cccc(CC(C)(C)C)c1. The lowest BCUT2D eigenvalue weighted by molar-refractivity contribution is 0.337. The van der Waals surface area contributed by atoms with Gasteiger partial charge in [0.05, 0.1) is 0 Å². The zero-order valence-electron chi connectivity index (χ0n) is 71.2. The predicted molar refractivity (Wildman–Crippen MR) is 430 cm³/mol. The number of hydrogen-bond acceptors (Lipinski definition) is 0. The molecule has 0 saturated heterocycles. The van der Waals surface area contributed by atoms with Crippen LogP contribution < -0.4 is 0 Å². The van der Waals surface area contributed by atoms with Gasteiger partial charge in [0, 0.05) is 0 Å². The molecule has 0 atom stereocenters. The quantitative estimate of drug-likeness (QED) is 0.0745. The van der Waals surface area contributed by atoms with E-state index in [1.165, 1.54) is 202 Å². The third kappa shape index (κ3) is 90.5. The van der Waals surface area contributed by atoms with Crippen LogP contribution in [0.5, 0.6) is 0 Å². The van der Waals surface area contributed by atoms with Crippen LogP contribution >= 0.6 is 0 Å². The summed E-state index contributed by atoms with van der Waals surface area (Å²) in [4.78, 5) is 0. The topological polar surface area (TPSA) is 0 Å². The molecule has 0 aliphatic heterocycles. The minimum atomic E-state index is 0.375. The Morgan fingerprint density at radius 2 is 0.283 bits per heavy atom. The first-order valence-electron chi connectivity index (χ1n) is 39.3. The maximum Gasteiger partial charge on any atom is -0.0230 e. The Morgan fingerprint density at radius 1 is 0.152 bits per heavy atom. The van der Waals surface area contributed by atoms with E-state index in [9.17, 15) is 0 Å². The van der Waals surface area contributed by atoms with E-state index in [0.717, 1.165) is 25.7 Å². The molecule has 2 rings (SSSR count). The second-order valence-electron chi connectivity index (χ2n) is 44.1. The van der Waals surface area contributed by atoms with Crippen LogP contribution in [-0.2, 0) is 25.7 Å². The van der Waals surface area contributed by atoms with E-state index in [-0.39, 0.29) is 0 Å². The minimum absolute atomic E-state index is 0.375. The van der Waals surface area contributed by atoms with Crippen molar-refractivity contribution in [2.75, 3.05) is 0 Å². The Kier molecular flexibility index (Phi) is 49.1. The zero-order chi connectivity index (χ0) is 72.6. The summed E-state index contributed by atoms with van der Waals surface area (Å²) in [6.45, 7) is 83.6. The van der Waals surface area contributed by atoms with E-state index in [4.69, 9.17) is 0 Å². The molecule has 0 aromatic heterocycles. The molecule has 2 aromatic carbocycles. The molecule has 0 fully saturated rings. The molecular formula is C92H180. The van der Waals surface area contributed by atoms with Crippen molar-refractivity contribution in [3.8, 4) is 0 Å².